The standard InChI is InChI=1S/C50H48BClN6O6/c1-3-6-41(59)26-45-49-56-55-31(2)58(49)46-18-17-42(27-43(46)48(54-45)34-13-15-40(52)16-14-34)63-30-47(60)53-28-32-7-4-8-35(23-32)33-19-21-57(22-20-33)50(61)38-10-5-9-36(24-38)37-11-12-39-29-64-51(62)44(39)25-37/h4-5,7-18,23-25,27,33,45,62H,3,6,19-22,26,28-30H2,1-2H3,(H,53,60)/t45-/m0/s1. The maximum atomic E-state index is 13.7. The largest absolute Gasteiger partial charge is 0.491 e. The average molecular weight is 875 g/mol. The number of aryl methyl sites for hydroxylation is 1. The lowest BCUT2D eigenvalue weighted by atomic mass is 9.78. The summed E-state index contributed by atoms with van der Waals surface area (Å²) in [5, 5.41) is 22.6. The molecule has 0 radical (unpaired) electrons. The smallest absolute Gasteiger partial charge is 0.484 e. The van der Waals surface area contributed by atoms with Gasteiger partial charge in [-0.15, -0.1) is 10.2 Å². The summed E-state index contributed by atoms with van der Waals surface area (Å²) in [6, 6.07) is 34.3. The molecule has 0 saturated carbocycles. The van der Waals surface area contributed by atoms with Crippen LogP contribution >= 0.6 is 11.6 Å². The molecule has 3 aliphatic heterocycles. The van der Waals surface area contributed by atoms with E-state index in [9.17, 15) is 19.4 Å². The first kappa shape index (κ1) is 42.9. The summed E-state index contributed by atoms with van der Waals surface area (Å²) in [6.07, 6.45) is 3.06. The van der Waals surface area contributed by atoms with Gasteiger partial charge in [0.1, 0.15) is 23.4 Å². The molecule has 1 fully saturated rings. The van der Waals surface area contributed by atoms with Gasteiger partial charge in [-0.1, -0.05) is 85.3 Å². The quantitative estimate of drug-likeness (QED) is 0.114. The highest BCUT2D eigenvalue weighted by molar-refractivity contribution is 6.61. The second kappa shape index (κ2) is 18.7. The van der Waals surface area contributed by atoms with Crippen molar-refractivity contribution in [2.24, 2.45) is 4.99 Å². The lowest BCUT2D eigenvalue weighted by Gasteiger charge is -2.32. The molecule has 0 unspecified atom stereocenters. The molecule has 1 aromatic heterocycles. The number of Topliss-reactive ketones (excluding diaryl/α,β-unsaturated/α-hetero) is 1. The van der Waals surface area contributed by atoms with Crippen LogP contribution in [0.15, 0.2) is 114 Å². The van der Waals surface area contributed by atoms with Crippen molar-refractivity contribution in [3.05, 3.63) is 159 Å². The van der Waals surface area contributed by atoms with E-state index in [4.69, 9.17) is 26.0 Å². The molecule has 0 spiro atoms. The number of benzene rings is 5. The first-order valence-electron chi connectivity index (χ1n) is 21.8. The van der Waals surface area contributed by atoms with E-state index >= 15 is 0 Å². The van der Waals surface area contributed by atoms with E-state index in [0.29, 0.717) is 66.4 Å². The zero-order valence-corrected chi connectivity index (χ0v) is 36.6. The molecule has 3 aliphatic rings. The van der Waals surface area contributed by atoms with Gasteiger partial charge in [-0.05, 0) is 108 Å². The fraction of sp³-hybridized carbons (Fsp3) is 0.280. The Kier molecular flexibility index (Phi) is 12.6. The minimum absolute atomic E-state index is 0.00777. The van der Waals surface area contributed by atoms with Gasteiger partial charge in [-0.2, -0.15) is 0 Å². The molecule has 1 atom stereocenters. The first-order chi connectivity index (χ1) is 31.1. The number of amides is 2. The highest BCUT2D eigenvalue weighted by Crippen LogP contribution is 2.35. The van der Waals surface area contributed by atoms with Crippen molar-refractivity contribution in [3.63, 3.8) is 0 Å². The Morgan fingerprint density at radius 3 is 2.50 bits per heavy atom. The van der Waals surface area contributed by atoms with E-state index in [-0.39, 0.29) is 36.5 Å². The number of nitrogens with zero attached hydrogens (tertiary/aromatic N) is 5. The minimum atomic E-state index is -0.924. The van der Waals surface area contributed by atoms with Gasteiger partial charge in [0, 0.05) is 54.2 Å². The Balaban J connectivity index is 0.823. The van der Waals surface area contributed by atoms with E-state index in [1.165, 1.54) is 5.56 Å². The van der Waals surface area contributed by atoms with Gasteiger partial charge in [0.05, 0.1) is 18.0 Å². The third-order valence-electron chi connectivity index (χ3n) is 12.3. The van der Waals surface area contributed by atoms with E-state index in [1.807, 2.05) is 120 Å². The molecule has 0 aliphatic carbocycles. The molecule has 0 bridgehead atoms. The number of piperidine rings is 1. The molecular weight excluding hydrogens is 827 g/mol. The van der Waals surface area contributed by atoms with Crippen LogP contribution in [0.3, 0.4) is 0 Å². The van der Waals surface area contributed by atoms with Crippen molar-refractivity contribution in [1.82, 2.24) is 25.0 Å². The number of hydrogen-bond donors (Lipinski definition) is 2. The predicted molar refractivity (Wildman–Crippen MR) is 246 cm³/mol. The van der Waals surface area contributed by atoms with Crippen LogP contribution < -0.4 is 15.5 Å². The average Bonchev–Trinajstić information content (AvgIpc) is 3.86. The summed E-state index contributed by atoms with van der Waals surface area (Å²) in [6.45, 7) is 5.68. The summed E-state index contributed by atoms with van der Waals surface area (Å²) >= 11 is 6.27. The molecule has 9 rings (SSSR count). The molecule has 5 aromatic carbocycles. The summed E-state index contributed by atoms with van der Waals surface area (Å²) in [4.78, 5) is 46.9. The van der Waals surface area contributed by atoms with Gasteiger partial charge in [-0.25, -0.2) is 0 Å². The molecule has 64 heavy (non-hydrogen) atoms. The van der Waals surface area contributed by atoms with Gasteiger partial charge in [0.2, 0.25) is 0 Å². The lowest BCUT2D eigenvalue weighted by Crippen LogP contribution is -2.38. The predicted octanol–water partition coefficient (Wildman–Crippen LogP) is 7.48. The highest BCUT2D eigenvalue weighted by atomic mass is 35.5. The van der Waals surface area contributed by atoms with Crippen molar-refractivity contribution in [2.75, 3.05) is 19.7 Å². The van der Waals surface area contributed by atoms with Gasteiger partial charge in [-0.3, -0.25) is 23.9 Å². The topological polar surface area (TPSA) is 148 Å². The number of fused-ring (bicyclic) bond motifs is 4. The van der Waals surface area contributed by atoms with Gasteiger partial charge in [0.15, 0.2) is 12.4 Å². The Bertz CT molecular complexity index is 2770. The van der Waals surface area contributed by atoms with E-state index in [0.717, 1.165) is 63.8 Å². The maximum absolute atomic E-state index is 13.7. The van der Waals surface area contributed by atoms with Crippen LogP contribution in [-0.4, -0.2) is 74.8 Å². The van der Waals surface area contributed by atoms with Gasteiger partial charge in [0.25, 0.3) is 11.8 Å². The van der Waals surface area contributed by atoms with Crippen molar-refractivity contribution in [2.45, 2.75) is 71.1 Å². The molecule has 12 nitrogen and oxygen atoms in total. The van der Waals surface area contributed by atoms with Crippen molar-refractivity contribution < 1.29 is 28.8 Å². The first-order valence-corrected chi connectivity index (χ1v) is 22.2. The summed E-state index contributed by atoms with van der Waals surface area (Å²) < 4.78 is 13.4. The summed E-state index contributed by atoms with van der Waals surface area (Å²) in [5.74, 6) is 1.87. The Morgan fingerprint density at radius 2 is 1.69 bits per heavy atom. The number of ether oxygens (including phenoxy) is 1. The molecule has 4 heterocycles. The number of aromatic nitrogens is 3. The zero-order chi connectivity index (χ0) is 44.3. The van der Waals surface area contributed by atoms with Gasteiger partial charge < -0.3 is 24.6 Å². The monoisotopic (exact) mass is 874 g/mol. The number of aliphatic imine (C=N–C) groups is 1. The minimum Gasteiger partial charge on any atom is -0.484 e. The SMILES string of the molecule is CCCC(=O)C[C@@H]1N=C(c2ccc(Cl)cc2)c2cc(OCC(=O)NCc3cccc(C4CCN(C(=O)c5cccc(-c6ccc7c(c6)B(O)OC7)c5)CC4)c3)ccc2-n2c(C)nnc21. The van der Waals surface area contributed by atoms with Crippen LogP contribution in [-0.2, 0) is 27.4 Å². The van der Waals surface area contributed by atoms with E-state index < -0.39 is 13.2 Å². The third kappa shape index (κ3) is 9.15. The molecule has 324 valence electrons. The number of nitrogens with one attached hydrogen (secondary N) is 1. The molecular formula is C50H48BClN6O6. The van der Waals surface area contributed by atoms with Crippen molar-refractivity contribution >= 4 is 47.5 Å². The third-order valence-corrected chi connectivity index (χ3v) is 12.5. The van der Waals surface area contributed by atoms with E-state index in [2.05, 4.69) is 27.6 Å². The van der Waals surface area contributed by atoms with Gasteiger partial charge >= 0.3 is 7.12 Å². The Hall–Kier alpha value is -6.41. The Morgan fingerprint density at radius 1 is 0.906 bits per heavy atom. The number of ketones is 1. The van der Waals surface area contributed by atoms with Crippen molar-refractivity contribution in [3.8, 4) is 22.6 Å². The second-order valence-corrected chi connectivity index (χ2v) is 17.1. The lowest BCUT2D eigenvalue weighted by molar-refractivity contribution is -0.123. The van der Waals surface area contributed by atoms with E-state index in [1.54, 1.807) is 0 Å². The van der Waals surface area contributed by atoms with Crippen LogP contribution in [0.5, 0.6) is 5.75 Å². The number of halogens is 1. The Labute approximate surface area is 377 Å². The number of hydrogen-bond acceptors (Lipinski definition) is 9. The number of rotatable bonds is 13. The normalized spacial score (nSPS) is 15.8. The molecule has 6 aromatic rings. The van der Waals surface area contributed by atoms with Crippen LogP contribution in [0, 0.1) is 6.92 Å². The number of likely N-dealkylation sites (tertiary alicyclic amines) is 1. The summed E-state index contributed by atoms with van der Waals surface area (Å²) in [5.41, 5.74) is 9.42. The molecule has 1 saturated heterocycles. The highest BCUT2D eigenvalue weighted by Gasteiger charge is 2.31. The fourth-order valence-corrected chi connectivity index (χ4v) is 9.04. The number of carbonyl (C=O) groups excluding carboxylic acids is 3. The van der Waals surface area contributed by atoms with Crippen LogP contribution in [0.2, 0.25) is 5.02 Å². The molecule has 2 N–H and O–H groups in total. The number of carbonyl (C=O) groups is 3. The van der Waals surface area contributed by atoms with Crippen LogP contribution in [0.25, 0.3) is 16.8 Å². The molecule has 14 heteroatoms. The fourth-order valence-electron chi connectivity index (χ4n) is 8.92. The summed E-state index contributed by atoms with van der Waals surface area (Å²) in [7, 11) is -0.924. The maximum Gasteiger partial charge on any atom is 0.491 e. The van der Waals surface area contributed by atoms with Crippen LogP contribution in [0.4, 0.5) is 0 Å². The second-order valence-electron chi connectivity index (χ2n) is 16.6. The van der Waals surface area contributed by atoms with Crippen molar-refractivity contribution in [1.29, 1.82) is 0 Å². The van der Waals surface area contributed by atoms with Crippen LogP contribution in [0.1, 0.15) is 101 Å². The molecule has 2 amide bonds. The zero-order valence-electron chi connectivity index (χ0n) is 35.8.